The SMILES string of the molecule is CC(C)(C)[N+]1(C(=O)O)CCC(Cc2ccc(O)c(Cl)c2)CC1. The number of hydrogen-bond donors (Lipinski definition) is 2. The molecule has 1 aromatic rings. The molecule has 0 unspecified atom stereocenters. The van der Waals surface area contributed by atoms with Crippen LogP contribution in [-0.4, -0.2) is 39.4 Å². The Morgan fingerprint density at radius 1 is 1.32 bits per heavy atom. The fraction of sp³-hybridized carbons (Fsp3) is 0.588. The van der Waals surface area contributed by atoms with E-state index in [2.05, 4.69) is 0 Å². The molecule has 1 aliphatic heterocycles. The molecule has 0 atom stereocenters. The average molecular weight is 327 g/mol. The third-order valence-corrected chi connectivity index (χ3v) is 5.33. The zero-order chi connectivity index (χ0) is 16.5. The quantitative estimate of drug-likeness (QED) is 0.797. The lowest BCUT2D eigenvalue weighted by Crippen LogP contribution is -2.66. The molecule has 0 spiro atoms. The van der Waals surface area contributed by atoms with Crippen molar-refractivity contribution < 1.29 is 19.5 Å². The number of piperidine rings is 1. The molecule has 4 nitrogen and oxygen atoms in total. The van der Waals surface area contributed by atoms with Gasteiger partial charge in [-0.05, 0) is 50.8 Å². The Labute approximate surface area is 136 Å². The van der Waals surface area contributed by atoms with Crippen LogP contribution in [0.3, 0.4) is 0 Å². The van der Waals surface area contributed by atoms with E-state index in [1.807, 2.05) is 26.8 Å². The minimum Gasteiger partial charge on any atom is -0.506 e. The summed E-state index contributed by atoms with van der Waals surface area (Å²) >= 11 is 5.95. The summed E-state index contributed by atoms with van der Waals surface area (Å²) in [5, 5.41) is 19.5. The van der Waals surface area contributed by atoms with Gasteiger partial charge in [-0.2, -0.15) is 4.79 Å². The van der Waals surface area contributed by atoms with Crippen molar-refractivity contribution in [3.8, 4) is 5.75 Å². The van der Waals surface area contributed by atoms with Gasteiger partial charge < -0.3 is 10.2 Å². The number of phenols is 1. The summed E-state index contributed by atoms with van der Waals surface area (Å²) in [4.78, 5) is 11.8. The van der Waals surface area contributed by atoms with Gasteiger partial charge in [0.15, 0.2) is 0 Å². The Hall–Kier alpha value is -1.26. The number of rotatable bonds is 2. The van der Waals surface area contributed by atoms with E-state index in [1.54, 1.807) is 12.1 Å². The Bertz CT molecular complexity index is 558. The first-order valence-corrected chi connectivity index (χ1v) is 8.11. The first kappa shape index (κ1) is 17.1. The Morgan fingerprint density at radius 3 is 2.36 bits per heavy atom. The van der Waals surface area contributed by atoms with Gasteiger partial charge in [-0.15, -0.1) is 0 Å². The second-order valence-electron chi connectivity index (χ2n) is 7.30. The summed E-state index contributed by atoms with van der Waals surface area (Å²) in [6.45, 7) is 7.33. The van der Waals surface area contributed by atoms with Gasteiger partial charge in [-0.3, -0.25) is 0 Å². The Kier molecular flexibility index (Phi) is 4.73. The molecule has 0 saturated carbocycles. The van der Waals surface area contributed by atoms with E-state index in [9.17, 15) is 15.0 Å². The first-order chi connectivity index (χ1) is 10.2. The molecule has 22 heavy (non-hydrogen) atoms. The predicted molar refractivity (Wildman–Crippen MR) is 87.3 cm³/mol. The highest BCUT2D eigenvalue weighted by Gasteiger charge is 2.49. The monoisotopic (exact) mass is 326 g/mol. The molecule has 1 saturated heterocycles. The van der Waals surface area contributed by atoms with Crippen LogP contribution >= 0.6 is 11.6 Å². The smallest absolute Gasteiger partial charge is 0.506 e. The molecule has 0 aromatic heterocycles. The largest absolute Gasteiger partial charge is 0.513 e. The number of carboxylic acid groups (broad SMARTS) is 1. The number of benzene rings is 1. The summed E-state index contributed by atoms with van der Waals surface area (Å²) in [6, 6.07) is 5.31. The van der Waals surface area contributed by atoms with E-state index >= 15 is 0 Å². The highest BCUT2D eigenvalue weighted by Crippen LogP contribution is 2.35. The van der Waals surface area contributed by atoms with E-state index in [1.165, 1.54) is 0 Å². The molecule has 1 fully saturated rings. The number of carbonyl (C=O) groups is 1. The molecule has 2 rings (SSSR count). The van der Waals surface area contributed by atoms with Gasteiger partial charge >= 0.3 is 6.09 Å². The predicted octanol–water partition coefficient (Wildman–Crippen LogP) is 4.29. The molecule has 1 amide bonds. The summed E-state index contributed by atoms with van der Waals surface area (Å²) in [6.07, 6.45) is 1.94. The van der Waals surface area contributed by atoms with E-state index < -0.39 is 6.09 Å². The summed E-state index contributed by atoms with van der Waals surface area (Å²) in [5.41, 5.74) is 0.803. The summed E-state index contributed by atoms with van der Waals surface area (Å²) < 4.78 is 0.139. The third kappa shape index (κ3) is 3.23. The second-order valence-corrected chi connectivity index (χ2v) is 7.71. The van der Waals surface area contributed by atoms with Crippen molar-refractivity contribution in [2.24, 2.45) is 5.92 Å². The van der Waals surface area contributed by atoms with Crippen molar-refractivity contribution in [3.05, 3.63) is 28.8 Å². The normalized spacial score (nSPS) is 25.9. The van der Waals surface area contributed by atoms with Crippen molar-refractivity contribution in [1.29, 1.82) is 0 Å². The summed E-state index contributed by atoms with van der Waals surface area (Å²) in [7, 11) is 0. The standard InChI is InChI=1S/C17H24ClNO3/c1-17(2,3)19(16(21)22)8-6-12(7-9-19)10-13-4-5-15(20)14(18)11-13/h4-5,11-12H,6-10H2,1-3H3,(H-,20,21,22)/p+1. The van der Waals surface area contributed by atoms with Crippen molar-refractivity contribution >= 4 is 17.7 Å². The van der Waals surface area contributed by atoms with Crippen LogP contribution in [0.4, 0.5) is 4.79 Å². The fourth-order valence-corrected chi connectivity index (χ4v) is 3.63. The summed E-state index contributed by atoms with van der Waals surface area (Å²) in [5.74, 6) is 0.567. The zero-order valence-corrected chi connectivity index (χ0v) is 14.2. The second kappa shape index (κ2) is 6.09. The highest BCUT2D eigenvalue weighted by atomic mass is 35.5. The van der Waals surface area contributed by atoms with Crippen molar-refractivity contribution in [1.82, 2.24) is 0 Å². The topological polar surface area (TPSA) is 57.5 Å². The van der Waals surface area contributed by atoms with E-state index in [-0.39, 0.29) is 15.8 Å². The zero-order valence-electron chi connectivity index (χ0n) is 13.5. The molecular formula is C17H25ClNO3+. The van der Waals surface area contributed by atoms with Gasteiger partial charge in [0.2, 0.25) is 0 Å². The number of halogens is 1. The number of nitrogens with zero attached hydrogens (tertiary/aromatic N) is 1. The third-order valence-electron chi connectivity index (χ3n) is 5.02. The van der Waals surface area contributed by atoms with Gasteiger partial charge in [0.1, 0.15) is 11.3 Å². The van der Waals surface area contributed by atoms with Crippen molar-refractivity contribution in [2.75, 3.05) is 13.1 Å². The maximum Gasteiger partial charge on any atom is 0.513 e. The number of aromatic hydroxyl groups is 1. The molecule has 0 bridgehead atoms. The van der Waals surface area contributed by atoms with Gasteiger partial charge in [0.25, 0.3) is 0 Å². The van der Waals surface area contributed by atoms with E-state index in [4.69, 9.17) is 11.6 Å². The van der Waals surface area contributed by atoms with Crippen LogP contribution in [0.5, 0.6) is 5.75 Å². The van der Waals surface area contributed by atoms with Crippen LogP contribution in [0.1, 0.15) is 39.2 Å². The average Bonchev–Trinajstić information content (AvgIpc) is 2.42. The lowest BCUT2D eigenvalue weighted by Gasteiger charge is -2.47. The maximum absolute atomic E-state index is 11.8. The molecule has 1 heterocycles. The molecule has 1 aromatic carbocycles. The lowest BCUT2D eigenvalue weighted by molar-refractivity contribution is -0.909. The molecule has 0 radical (unpaired) electrons. The van der Waals surface area contributed by atoms with E-state index in [0.29, 0.717) is 24.0 Å². The van der Waals surface area contributed by atoms with Crippen LogP contribution in [0, 0.1) is 5.92 Å². The van der Waals surface area contributed by atoms with Gasteiger partial charge in [0, 0.05) is 12.8 Å². The van der Waals surface area contributed by atoms with Crippen LogP contribution < -0.4 is 0 Å². The number of hydrogen-bond acceptors (Lipinski definition) is 2. The van der Waals surface area contributed by atoms with Crippen molar-refractivity contribution in [3.63, 3.8) is 0 Å². The van der Waals surface area contributed by atoms with Gasteiger partial charge in [-0.25, -0.2) is 4.48 Å². The number of phenolic OH excluding ortho intramolecular Hbond substituents is 1. The maximum atomic E-state index is 11.8. The van der Waals surface area contributed by atoms with Crippen LogP contribution in [0.2, 0.25) is 5.02 Å². The van der Waals surface area contributed by atoms with Crippen molar-refractivity contribution in [2.45, 2.75) is 45.6 Å². The van der Waals surface area contributed by atoms with Crippen LogP contribution in [-0.2, 0) is 6.42 Å². The van der Waals surface area contributed by atoms with Gasteiger partial charge in [0.05, 0.1) is 18.1 Å². The molecule has 2 N–H and O–H groups in total. The molecule has 5 heteroatoms. The fourth-order valence-electron chi connectivity index (χ4n) is 3.43. The molecule has 1 aliphatic rings. The van der Waals surface area contributed by atoms with E-state index in [0.717, 1.165) is 24.8 Å². The minimum atomic E-state index is -0.723. The molecule has 122 valence electrons. The minimum absolute atomic E-state index is 0.100. The number of likely N-dealkylation sites (tertiary alicyclic amines) is 1. The number of amides is 1. The highest BCUT2D eigenvalue weighted by molar-refractivity contribution is 6.32. The molecule has 0 aliphatic carbocycles. The lowest BCUT2D eigenvalue weighted by atomic mass is 9.86. The van der Waals surface area contributed by atoms with Crippen LogP contribution in [0.25, 0.3) is 0 Å². The Balaban J connectivity index is 2.05. The van der Waals surface area contributed by atoms with Crippen LogP contribution in [0.15, 0.2) is 18.2 Å². The molecular weight excluding hydrogens is 302 g/mol. The first-order valence-electron chi connectivity index (χ1n) is 7.74. The van der Waals surface area contributed by atoms with Gasteiger partial charge in [-0.1, -0.05) is 17.7 Å². The Morgan fingerprint density at radius 2 is 1.91 bits per heavy atom. The number of quaternary nitrogens is 1.